The molecule has 2 atom stereocenters. The Morgan fingerprint density at radius 2 is 2.04 bits per heavy atom. The number of carbonyl (C=O) groups excluding carboxylic acids is 2. The number of carboxylic acid groups (broad SMARTS) is 1. The number of hydrogen-bond acceptors (Lipinski definition) is 5. The first-order chi connectivity index (χ1) is 13.0. The van der Waals surface area contributed by atoms with Gasteiger partial charge in [0.05, 0.1) is 25.0 Å². The van der Waals surface area contributed by atoms with Crippen molar-refractivity contribution in [2.24, 2.45) is 0 Å². The van der Waals surface area contributed by atoms with Gasteiger partial charge in [0.2, 0.25) is 5.91 Å². The van der Waals surface area contributed by atoms with Crippen LogP contribution in [0.15, 0.2) is 42.2 Å². The van der Waals surface area contributed by atoms with E-state index < -0.39 is 18.1 Å². The van der Waals surface area contributed by atoms with E-state index in [1.165, 1.54) is 4.90 Å². The molecule has 3 rings (SSSR count). The second kappa shape index (κ2) is 8.22. The van der Waals surface area contributed by atoms with Crippen molar-refractivity contribution < 1.29 is 29.0 Å². The van der Waals surface area contributed by atoms with Gasteiger partial charge in [-0.25, -0.2) is 4.79 Å². The van der Waals surface area contributed by atoms with Crippen LogP contribution in [0.4, 0.5) is 4.79 Å². The molecule has 144 valence electrons. The number of nitrogens with zero attached hydrogens (tertiary/aromatic N) is 2. The zero-order valence-corrected chi connectivity index (χ0v) is 15.0. The van der Waals surface area contributed by atoms with Gasteiger partial charge in [-0.3, -0.25) is 14.5 Å². The van der Waals surface area contributed by atoms with E-state index in [-0.39, 0.29) is 38.2 Å². The van der Waals surface area contributed by atoms with Crippen LogP contribution >= 0.6 is 0 Å². The molecule has 8 nitrogen and oxygen atoms in total. The minimum atomic E-state index is -0.922. The van der Waals surface area contributed by atoms with E-state index in [4.69, 9.17) is 14.6 Å². The molecule has 0 spiro atoms. The number of morpholine rings is 1. The number of rotatable bonds is 5. The Balaban J connectivity index is 1.71. The van der Waals surface area contributed by atoms with Crippen LogP contribution in [0.5, 0.6) is 0 Å². The predicted molar refractivity (Wildman–Crippen MR) is 94.3 cm³/mol. The van der Waals surface area contributed by atoms with Gasteiger partial charge >= 0.3 is 12.1 Å². The summed E-state index contributed by atoms with van der Waals surface area (Å²) < 4.78 is 10.8. The summed E-state index contributed by atoms with van der Waals surface area (Å²) in [5.41, 5.74) is 1.39. The fourth-order valence-electron chi connectivity index (χ4n) is 3.20. The molecule has 2 aliphatic heterocycles. The zero-order valence-electron chi connectivity index (χ0n) is 15.0. The van der Waals surface area contributed by atoms with Gasteiger partial charge in [0.15, 0.2) is 0 Å². The Kier molecular flexibility index (Phi) is 5.75. The van der Waals surface area contributed by atoms with Crippen LogP contribution < -0.4 is 0 Å². The highest BCUT2D eigenvalue weighted by atomic mass is 16.6. The number of carboxylic acids is 1. The van der Waals surface area contributed by atoms with Crippen molar-refractivity contribution in [3.63, 3.8) is 0 Å². The summed E-state index contributed by atoms with van der Waals surface area (Å²) in [5.74, 6) is -1.18. The number of hydrogen-bond donors (Lipinski definition) is 1. The molecule has 2 heterocycles. The first kappa shape index (κ1) is 18.9. The SMILES string of the molecule is C[C@H]1C(=O)N2C(=CN1C(=O)OCc1ccccc1)COC[C@@H]2CCC(=O)O. The molecule has 1 aromatic carbocycles. The standard InChI is InChI=1S/C19H22N2O6/c1-13-18(24)21-15(7-8-17(22)23)11-26-12-16(21)9-20(13)19(25)27-10-14-5-3-2-4-6-14/h2-6,9,13,15H,7-8,10-12H2,1H3,(H,22,23)/t13-,15-/m0/s1. The highest BCUT2D eigenvalue weighted by molar-refractivity contribution is 5.89. The fourth-order valence-corrected chi connectivity index (χ4v) is 3.20. The van der Waals surface area contributed by atoms with Crippen molar-refractivity contribution in [3.8, 4) is 0 Å². The molecule has 0 radical (unpaired) electrons. The molecule has 0 saturated carbocycles. The lowest BCUT2D eigenvalue weighted by molar-refractivity contribution is -0.144. The first-order valence-corrected chi connectivity index (χ1v) is 8.79. The number of aliphatic carboxylic acids is 1. The van der Waals surface area contributed by atoms with Crippen molar-refractivity contribution in [2.75, 3.05) is 13.2 Å². The summed E-state index contributed by atoms with van der Waals surface area (Å²) in [6.45, 7) is 2.21. The third-order valence-corrected chi connectivity index (χ3v) is 4.64. The summed E-state index contributed by atoms with van der Waals surface area (Å²) in [7, 11) is 0. The number of fused-ring (bicyclic) bond motifs is 1. The molecule has 1 N–H and O–H groups in total. The summed E-state index contributed by atoms with van der Waals surface area (Å²) in [4.78, 5) is 39.0. The fraction of sp³-hybridized carbons (Fsp3) is 0.421. The number of amides is 2. The van der Waals surface area contributed by atoms with Crippen LogP contribution in [0.1, 0.15) is 25.3 Å². The quantitative estimate of drug-likeness (QED) is 0.846. The van der Waals surface area contributed by atoms with E-state index in [1.54, 1.807) is 18.0 Å². The lowest BCUT2D eigenvalue weighted by Gasteiger charge is -2.44. The third kappa shape index (κ3) is 4.28. The summed E-state index contributed by atoms with van der Waals surface area (Å²) in [6, 6.07) is 8.19. The van der Waals surface area contributed by atoms with Crippen molar-refractivity contribution in [1.29, 1.82) is 0 Å². The first-order valence-electron chi connectivity index (χ1n) is 8.79. The number of carbonyl (C=O) groups is 3. The van der Waals surface area contributed by atoms with E-state index in [1.807, 2.05) is 30.3 Å². The van der Waals surface area contributed by atoms with Gasteiger partial charge in [-0.1, -0.05) is 30.3 Å². The van der Waals surface area contributed by atoms with E-state index >= 15 is 0 Å². The molecule has 2 aliphatic rings. The number of benzene rings is 1. The molecule has 1 saturated heterocycles. The van der Waals surface area contributed by atoms with Crippen LogP contribution in [0, 0.1) is 0 Å². The largest absolute Gasteiger partial charge is 0.481 e. The monoisotopic (exact) mass is 374 g/mol. The van der Waals surface area contributed by atoms with Crippen LogP contribution in [-0.2, 0) is 25.7 Å². The van der Waals surface area contributed by atoms with Gasteiger partial charge in [0.25, 0.3) is 0 Å². The van der Waals surface area contributed by atoms with E-state index in [9.17, 15) is 14.4 Å². The van der Waals surface area contributed by atoms with E-state index in [2.05, 4.69) is 0 Å². The molecule has 0 unspecified atom stereocenters. The average Bonchev–Trinajstić information content (AvgIpc) is 2.67. The lowest BCUT2D eigenvalue weighted by Crippen LogP contribution is -2.58. The Morgan fingerprint density at radius 1 is 1.30 bits per heavy atom. The van der Waals surface area contributed by atoms with Crippen LogP contribution in [-0.4, -0.2) is 58.2 Å². The second-order valence-corrected chi connectivity index (χ2v) is 6.55. The summed E-state index contributed by atoms with van der Waals surface area (Å²) in [6.07, 6.45) is 1.19. The van der Waals surface area contributed by atoms with Gasteiger partial charge in [-0.2, -0.15) is 0 Å². The maximum atomic E-state index is 12.8. The molecular weight excluding hydrogens is 352 g/mol. The summed E-state index contributed by atoms with van der Waals surface area (Å²) in [5, 5.41) is 8.90. The molecule has 0 aromatic heterocycles. The highest BCUT2D eigenvalue weighted by Gasteiger charge is 2.41. The zero-order chi connectivity index (χ0) is 19.4. The van der Waals surface area contributed by atoms with Gasteiger partial charge in [0.1, 0.15) is 12.6 Å². The lowest BCUT2D eigenvalue weighted by atomic mass is 10.0. The van der Waals surface area contributed by atoms with E-state index in [0.29, 0.717) is 12.1 Å². The minimum absolute atomic E-state index is 0.0533. The van der Waals surface area contributed by atoms with Gasteiger partial charge in [-0.05, 0) is 18.9 Å². The Bertz CT molecular complexity index is 748. The van der Waals surface area contributed by atoms with Crippen LogP contribution in [0.3, 0.4) is 0 Å². The summed E-state index contributed by atoms with van der Waals surface area (Å²) >= 11 is 0. The predicted octanol–water partition coefficient (Wildman–Crippen LogP) is 1.96. The third-order valence-electron chi connectivity index (χ3n) is 4.64. The van der Waals surface area contributed by atoms with Crippen LogP contribution in [0.25, 0.3) is 0 Å². The van der Waals surface area contributed by atoms with Gasteiger partial charge in [0, 0.05) is 12.6 Å². The topological polar surface area (TPSA) is 96.4 Å². The molecular formula is C19H22N2O6. The Labute approximate surface area is 156 Å². The molecule has 0 bridgehead atoms. The Morgan fingerprint density at radius 3 is 2.74 bits per heavy atom. The second-order valence-electron chi connectivity index (χ2n) is 6.55. The van der Waals surface area contributed by atoms with E-state index in [0.717, 1.165) is 5.56 Å². The molecule has 8 heteroatoms. The smallest absolute Gasteiger partial charge is 0.414 e. The highest BCUT2D eigenvalue weighted by Crippen LogP contribution is 2.27. The van der Waals surface area contributed by atoms with Gasteiger partial charge in [-0.15, -0.1) is 0 Å². The molecule has 1 fully saturated rings. The maximum Gasteiger partial charge on any atom is 0.414 e. The normalized spacial score (nSPS) is 22.1. The van der Waals surface area contributed by atoms with Crippen molar-refractivity contribution in [2.45, 2.75) is 38.5 Å². The van der Waals surface area contributed by atoms with Crippen molar-refractivity contribution in [3.05, 3.63) is 47.8 Å². The molecule has 1 aromatic rings. The molecule has 0 aliphatic carbocycles. The maximum absolute atomic E-state index is 12.8. The molecule has 27 heavy (non-hydrogen) atoms. The molecule has 2 amide bonds. The van der Waals surface area contributed by atoms with Crippen molar-refractivity contribution >= 4 is 18.0 Å². The Hall–Kier alpha value is -2.87. The van der Waals surface area contributed by atoms with Crippen molar-refractivity contribution in [1.82, 2.24) is 9.80 Å². The number of ether oxygens (including phenoxy) is 2. The average molecular weight is 374 g/mol. The van der Waals surface area contributed by atoms with Gasteiger partial charge < -0.3 is 19.5 Å². The minimum Gasteiger partial charge on any atom is -0.481 e. The van der Waals surface area contributed by atoms with Crippen LogP contribution in [0.2, 0.25) is 0 Å².